The normalized spacial score (nSPS) is 14.5. The minimum absolute atomic E-state index is 0.0362. The summed E-state index contributed by atoms with van der Waals surface area (Å²) in [5, 5.41) is 10.6. The van der Waals surface area contributed by atoms with Crippen LogP contribution in [0.3, 0.4) is 0 Å². The van der Waals surface area contributed by atoms with Crippen molar-refractivity contribution in [3.63, 3.8) is 0 Å². The molecule has 0 fully saturated rings. The molecular formula is C85H146O17P2. The molecule has 0 aromatic rings. The van der Waals surface area contributed by atoms with E-state index in [9.17, 15) is 43.2 Å². The molecule has 5 unspecified atom stereocenters. The number of hydrogen-bond acceptors (Lipinski definition) is 15. The maximum atomic E-state index is 13.1. The third-order valence-corrected chi connectivity index (χ3v) is 18.8. The molecule has 0 aromatic carbocycles. The fourth-order valence-corrected chi connectivity index (χ4v) is 12.4. The van der Waals surface area contributed by atoms with Gasteiger partial charge >= 0.3 is 39.5 Å². The average molecular weight is 1500 g/mol. The van der Waals surface area contributed by atoms with Gasteiger partial charge in [-0.05, 0) is 122 Å². The lowest BCUT2D eigenvalue weighted by Gasteiger charge is -2.21. The van der Waals surface area contributed by atoms with Crippen molar-refractivity contribution >= 4 is 39.5 Å². The summed E-state index contributed by atoms with van der Waals surface area (Å²) >= 11 is 0. The molecule has 0 amide bonds. The van der Waals surface area contributed by atoms with Gasteiger partial charge < -0.3 is 33.8 Å². The fraction of sp³-hybridized carbons (Fsp3) is 0.718. The molecule has 0 aliphatic carbocycles. The van der Waals surface area contributed by atoms with E-state index in [1.165, 1.54) is 103 Å². The van der Waals surface area contributed by atoms with E-state index < -0.39 is 97.5 Å². The van der Waals surface area contributed by atoms with Crippen LogP contribution in [0, 0.1) is 0 Å². The molecule has 19 heteroatoms. The maximum absolute atomic E-state index is 13.1. The van der Waals surface area contributed by atoms with Crippen molar-refractivity contribution in [2.45, 2.75) is 354 Å². The van der Waals surface area contributed by atoms with Gasteiger partial charge in [-0.1, -0.05) is 310 Å². The second-order valence-electron chi connectivity index (χ2n) is 27.0. The van der Waals surface area contributed by atoms with Gasteiger partial charge in [0.25, 0.3) is 0 Å². The monoisotopic (exact) mass is 1500 g/mol. The van der Waals surface area contributed by atoms with Gasteiger partial charge in [-0.3, -0.25) is 37.3 Å². The largest absolute Gasteiger partial charge is 0.472 e. The molecule has 0 aromatic heterocycles. The summed E-state index contributed by atoms with van der Waals surface area (Å²) in [6.07, 6.45) is 84.7. The third kappa shape index (κ3) is 75.7. The molecular weight excluding hydrogens is 1350 g/mol. The van der Waals surface area contributed by atoms with Crippen LogP contribution in [-0.4, -0.2) is 96.7 Å². The van der Waals surface area contributed by atoms with Crippen molar-refractivity contribution in [1.29, 1.82) is 0 Å². The first-order valence-corrected chi connectivity index (χ1v) is 43.8. The van der Waals surface area contributed by atoms with E-state index in [-0.39, 0.29) is 25.7 Å². The van der Waals surface area contributed by atoms with Crippen LogP contribution in [0.5, 0.6) is 0 Å². The standard InChI is InChI=1S/C85H146O17P2/c1-5-9-13-17-21-25-29-33-37-38-39-40-44-46-50-54-58-62-66-70-83(88)96-76-81(102-85(90)72-68-64-60-56-52-48-43-36-32-28-24-20-16-12-8-4)78-100-104(93,94)98-74-79(86)73-97-103(91,92)99-77-80(101-84(89)71-67-63-59-55-51-47-42-35-31-27-23-19-15-11-7-3)75-95-82(87)69-65-61-57-53-49-45-41-34-30-26-22-18-14-10-6-2/h9-10,13-14,21-22,25-26,33-35,37,39-42,46,50,58,62,79-81,86H,5-8,11-12,15-20,23-24,27-32,36,38,43-45,47-49,51-57,59-61,63-78H2,1-4H3,(H,91,92)(H,93,94)/b13-9-,14-10-,25-21-,26-22-,37-33-,40-39-,41-34-,42-35-,50-46-,62-58-. The summed E-state index contributed by atoms with van der Waals surface area (Å²) in [5.41, 5.74) is 0. The Kier molecular flexibility index (Phi) is 73.3. The van der Waals surface area contributed by atoms with Crippen LogP contribution in [0.25, 0.3) is 0 Å². The molecule has 0 radical (unpaired) electrons. The highest BCUT2D eigenvalue weighted by molar-refractivity contribution is 7.47. The van der Waals surface area contributed by atoms with E-state index in [2.05, 4.69) is 131 Å². The minimum atomic E-state index is -5.00. The number of rotatable bonds is 76. The lowest BCUT2D eigenvalue weighted by Crippen LogP contribution is -2.30. The number of allylic oxidation sites excluding steroid dienone is 20. The summed E-state index contributed by atoms with van der Waals surface area (Å²) in [4.78, 5) is 73.0. The van der Waals surface area contributed by atoms with Gasteiger partial charge in [0.2, 0.25) is 0 Å². The first-order chi connectivity index (χ1) is 50.7. The SMILES string of the molecule is CC/C=C\C/C=C\C/C=C\C/C=C\C/C=C\C/C=C\CCC(=O)OCC(COP(=O)(O)OCC(O)COP(=O)(O)OCC(COC(=O)CCCCCCC/C=C\C/C=C\C/C=C\CC)OC(=O)CCCCCCC/C=C\CCCCCCCC)OC(=O)CCCCCCCCCCCCCCCCC. The van der Waals surface area contributed by atoms with E-state index in [0.717, 1.165) is 148 Å². The summed E-state index contributed by atoms with van der Waals surface area (Å²) in [6, 6.07) is 0. The van der Waals surface area contributed by atoms with E-state index >= 15 is 0 Å². The average Bonchev–Trinajstić information content (AvgIpc) is 0.918. The summed E-state index contributed by atoms with van der Waals surface area (Å²) in [5.74, 6) is -2.29. The van der Waals surface area contributed by atoms with Crippen molar-refractivity contribution < 1.29 is 80.2 Å². The van der Waals surface area contributed by atoms with Crippen molar-refractivity contribution in [3.8, 4) is 0 Å². The first-order valence-electron chi connectivity index (χ1n) is 40.8. The Morgan fingerprint density at radius 3 is 0.837 bits per heavy atom. The van der Waals surface area contributed by atoms with Gasteiger partial charge in [-0.25, -0.2) is 9.13 Å². The van der Waals surface area contributed by atoms with Crippen LogP contribution in [0.1, 0.15) is 336 Å². The summed E-state index contributed by atoms with van der Waals surface area (Å²) < 4.78 is 68.6. The molecule has 0 saturated heterocycles. The van der Waals surface area contributed by atoms with Crippen molar-refractivity contribution in [2.75, 3.05) is 39.6 Å². The lowest BCUT2D eigenvalue weighted by atomic mass is 10.0. The van der Waals surface area contributed by atoms with Crippen molar-refractivity contribution in [2.24, 2.45) is 0 Å². The molecule has 0 bridgehead atoms. The molecule has 0 rings (SSSR count). The second kappa shape index (κ2) is 76.6. The number of carbonyl (C=O) groups excluding carboxylic acids is 4. The van der Waals surface area contributed by atoms with Crippen molar-refractivity contribution in [3.05, 3.63) is 122 Å². The lowest BCUT2D eigenvalue weighted by molar-refractivity contribution is -0.161. The molecule has 0 aliphatic rings. The molecule has 0 aliphatic heterocycles. The van der Waals surface area contributed by atoms with E-state index in [1.54, 1.807) is 0 Å². The quantitative estimate of drug-likeness (QED) is 0.0169. The Morgan fingerprint density at radius 2 is 0.519 bits per heavy atom. The predicted molar refractivity (Wildman–Crippen MR) is 427 cm³/mol. The van der Waals surface area contributed by atoms with E-state index in [4.69, 9.17) is 37.0 Å². The number of phosphoric ester groups is 2. The zero-order chi connectivity index (χ0) is 76.0. The van der Waals surface area contributed by atoms with Crippen molar-refractivity contribution in [1.82, 2.24) is 0 Å². The van der Waals surface area contributed by atoms with Gasteiger partial charge in [0.1, 0.15) is 19.3 Å². The predicted octanol–water partition coefficient (Wildman–Crippen LogP) is 23.9. The molecule has 17 nitrogen and oxygen atoms in total. The molecule has 104 heavy (non-hydrogen) atoms. The van der Waals surface area contributed by atoms with Crippen LogP contribution in [0.4, 0.5) is 0 Å². The summed E-state index contributed by atoms with van der Waals surface area (Å²) in [7, 11) is -9.98. The molecule has 598 valence electrons. The number of unbranched alkanes of at least 4 members (excludes halogenated alkanes) is 30. The Morgan fingerprint density at radius 1 is 0.279 bits per heavy atom. The highest BCUT2D eigenvalue weighted by atomic mass is 31.2. The van der Waals surface area contributed by atoms with Gasteiger partial charge in [0, 0.05) is 25.7 Å². The van der Waals surface area contributed by atoms with Crippen LogP contribution in [0.15, 0.2) is 122 Å². The number of carbonyl (C=O) groups is 4. The number of aliphatic hydroxyl groups is 1. The van der Waals surface area contributed by atoms with Gasteiger partial charge in [0.15, 0.2) is 12.2 Å². The Hall–Kier alpha value is -4.54. The summed E-state index contributed by atoms with van der Waals surface area (Å²) in [6.45, 7) is 4.57. The molecule has 0 spiro atoms. The Balaban J connectivity index is 5.43. The topological polar surface area (TPSA) is 237 Å². The van der Waals surface area contributed by atoms with E-state index in [0.29, 0.717) is 32.1 Å². The minimum Gasteiger partial charge on any atom is -0.462 e. The fourth-order valence-electron chi connectivity index (χ4n) is 10.8. The molecule has 3 N–H and O–H groups in total. The van der Waals surface area contributed by atoms with Crippen LogP contribution in [-0.2, 0) is 65.4 Å². The molecule has 0 saturated carbocycles. The number of esters is 4. The number of hydrogen-bond donors (Lipinski definition) is 3. The number of ether oxygens (including phenoxy) is 4. The third-order valence-electron chi connectivity index (χ3n) is 16.9. The van der Waals surface area contributed by atoms with Crippen LogP contribution >= 0.6 is 15.6 Å². The Labute approximate surface area is 632 Å². The van der Waals surface area contributed by atoms with Crippen LogP contribution in [0.2, 0.25) is 0 Å². The number of phosphoric acid groups is 2. The first kappa shape index (κ1) is 99.5. The van der Waals surface area contributed by atoms with Crippen LogP contribution < -0.4 is 0 Å². The maximum Gasteiger partial charge on any atom is 0.472 e. The van der Waals surface area contributed by atoms with E-state index in [1.807, 2.05) is 18.2 Å². The second-order valence-corrected chi connectivity index (χ2v) is 29.9. The molecule has 5 atom stereocenters. The highest BCUT2D eigenvalue weighted by Gasteiger charge is 2.30. The Bertz CT molecular complexity index is 2440. The molecule has 0 heterocycles. The van der Waals surface area contributed by atoms with Gasteiger partial charge in [-0.15, -0.1) is 0 Å². The smallest absolute Gasteiger partial charge is 0.462 e. The number of aliphatic hydroxyl groups excluding tert-OH is 1. The highest BCUT2D eigenvalue weighted by Crippen LogP contribution is 2.45. The van der Waals surface area contributed by atoms with Gasteiger partial charge in [0.05, 0.1) is 26.4 Å². The zero-order valence-electron chi connectivity index (χ0n) is 65.4. The van der Waals surface area contributed by atoms with Gasteiger partial charge in [-0.2, -0.15) is 0 Å². The zero-order valence-corrected chi connectivity index (χ0v) is 67.2.